The predicted molar refractivity (Wildman–Crippen MR) is 101 cm³/mol. The molecular weight excluding hydrogens is 328 g/mol. The third kappa shape index (κ3) is 3.00. The summed E-state index contributed by atoms with van der Waals surface area (Å²) < 4.78 is 0. The highest BCUT2D eigenvalue weighted by atomic mass is 16.3. The molecule has 3 aromatic rings. The van der Waals surface area contributed by atoms with Gasteiger partial charge in [0.25, 0.3) is 0 Å². The van der Waals surface area contributed by atoms with Gasteiger partial charge in [0.15, 0.2) is 0 Å². The third-order valence-electron chi connectivity index (χ3n) is 4.05. The standard InChI is InChI=1S/C19H18N6O/c1-11-16(13-9-22-19(23-10-13)25(2)3)15(8-20)18(21)24-17(11)12-4-6-14(26)7-5-12/h4-7,9-10,26H,1-3H3,(H2,21,24). The molecule has 0 saturated carbocycles. The molecule has 0 amide bonds. The number of anilines is 2. The molecule has 0 fully saturated rings. The molecule has 0 atom stereocenters. The number of aromatic hydroxyl groups is 1. The highest BCUT2D eigenvalue weighted by molar-refractivity contribution is 5.83. The van der Waals surface area contributed by atoms with Crippen LogP contribution in [0.3, 0.4) is 0 Å². The molecule has 3 rings (SSSR count). The van der Waals surface area contributed by atoms with Crippen LogP contribution in [0.4, 0.5) is 11.8 Å². The summed E-state index contributed by atoms with van der Waals surface area (Å²) in [6.07, 6.45) is 3.34. The summed E-state index contributed by atoms with van der Waals surface area (Å²) in [5.41, 5.74) is 9.94. The normalized spacial score (nSPS) is 10.4. The Morgan fingerprint density at radius 3 is 2.23 bits per heavy atom. The van der Waals surface area contributed by atoms with Gasteiger partial charge in [-0.25, -0.2) is 15.0 Å². The van der Waals surface area contributed by atoms with E-state index in [0.29, 0.717) is 28.3 Å². The molecule has 7 nitrogen and oxygen atoms in total. The van der Waals surface area contributed by atoms with E-state index in [2.05, 4.69) is 21.0 Å². The second-order valence-corrected chi connectivity index (χ2v) is 6.05. The van der Waals surface area contributed by atoms with Crippen LogP contribution in [0.2, 0.25) is 0 Å². The van der Waals surface area contributed by atoms with Gasteiger partial charge in [0.1, 0.15) is 23.2 Å². The summed E-state index contributed by atoms with van der Waals surface area (Å²) in [6.45, 7) is 1.88. The molecule has 2 aromatic heterocycles. The fraction of sp³-hybridized carbons (Fsp3) is 0.158. The maximum atomic E-state index is 9.57. The highest BCUT2D eigenvalue weighted by Crippen LogP contribution is 2.35. The van der Waals surface area contributed by atoms with Gasteiger partial charge < -0.3 is 15.7 Å². The predicted octanol–water partition coefficient (Wildman–Crippen LogP) is 2.74. The molecule has 0 bridgehead atoms. The molecule has 130 valence electrons. The average molecular weight is 346 g/mol. The largest absolute Gasteiger partial charge is 0.508 e. The van der Waals surface area contributed by atoms with Crippen LogP contribution in [-0.2, 0) is 0 Å². The van der Waals surface area contributed by atoms with Crippen molar-refractivity contribution in [2.24, 2.45) is 0 Å². The maximum absolute atomic E-state index is 9.57. The number of benzene rings is 1. The van der Waals surface area contributed by atoms with E-state index in [1.165, 1.54) is 0 Å². The smallest absolute Gasteiger partial charge is 0.224 e. The minimum atomic E-state index is 0.146. The number of hydrogen-bond acceptors (Lipinski definition) is 7. The van der Waals surface area contributed by atoms with Gasteiger partial charge >= 0.3 is 0 Å². The van der Waals surface area contributed by atoms with Gasteiger partial charge in [-0.15, -0.1) is 0 Å². The number of pyridine rings is 1. The van der Waals surface area contributed by atoms with Crippen LogP contribution in [0.15, 0.2) is 36.7 Å². The van der Waals surface area contributed by atoms with E-state index < -0.39 is 0 Å². The van der Waals surface area contributed by atoms with Gasteiger partial charge in [0, 0.05) is 43.2 Å². The Bertz CT molecular complexity index is 989. The second-order valence-electron chi connectivity index (χ2n) is 6.05. The first-order valence-corrected chi connectivity index (χ1v) is 7.91. The minimum absolute atomic E-state index is 0.146. The summed E-state index contributed by atoms with van der Waals surface area (Å²) in [6, 6.07) is 8.81. The van der Waals surface area contributed by atoms with E-state index in [1.54, 1.807) is 41.6 Å². The lowest BCUT2D eigenvalue weighted by Gasteiger charge is -2.15. The van der Waals surface area contributed by atoms with Crippen molar-refractivity contribution >= 4 is 11.8 Å². The van der Waals surface area contributed by atoms with Gasteiger partial charge in [-0.1, -0.05) is 0 Å². The molecule has 0 aliphatic rings. The topological polar surface area (TPSA) is 112 Å². The minimum Gasteiger partial charge on any atom is -0.508 e. The van der Waals surface area contributed by atoms with Gasteiger partial charge in [-0.05, 0) is 36.8 Å². The Morgan fingerprint density at radius 2 is 1.69 bits per heavy atom. The molecule has 26 heavy (non-hydrogen) atoms. The number of phenols is 1. The monoisotopic (exact) mass is 346 g/mol. The Kier molecular flexibility index (Phi) is 4.42. The number of aromatic nitrogens is 3. The van der Waals surface area contributed by atoms with Crippen LogP contribution < -0.4 is 10.6 Å². The first-order valence-electron chi connectivity index (χ1n) is 7.91. The highest BCUT2D eigenvalue weighted by Gasteiger charge is 2.19. The van der Waals surface area contributed by atoms with Gasteiger partial charge in [-0.3, -0.25) is 0 Å². The SMILES string of the molecule is Cc1c(-c2ccc(O)cc2)nc(N)c(C#N)c1-c1cnc(N(C)C)nc1. The van der Waals surface area contributed by atoms with E-state index in [4.69, 9.17) is 5.73 Å². The molecule has 0 unspecified atom stereocenters. The third-order valence-corrected chi connectivity index (χ3v) is 4.05. The Hall–Kier alpha value is -3.66. The van der Waals surface area contributed by atoms with E-state index in [9.17, 15) is 10.4 Å². The first-order chi connectivity index (χ1) is 12.4. The van der Waals surface area contributed by atoms with Crippen LogP contribution in [0.1, 0.15) is 11.1 Å². The quantitative estimate of drug-likeness (QED) is 0.750. The van der Waals surface area contributed by atoms with Gasteiger partial charge in [0.2, 0.25) is 5.95 Å². The van der Waals surface area contributed by atoms with E-state index in [-0.39, 0.29) is 11.6 Å². The van der Waals surface area contributed by atoms with E-state index in [0.717, 1.165) is 11.1 Å². The summed E-state index contributed by atoms with van der Waals surface area (Å²) in [5, 5.41) is 19.1. The maximum Gasteiger partial charge on any atom is 0.224 e. The zero-order chi connectivity index (χ0) is 18.8. The van der Waals surface area contributed by atoms with Crippen molar-refractivity contribution < 1.29 is 5.11 Å². The molecule has 0 aliphatic carbocycles. The van der Waals surface area contributed by atoms with Crippen molar-refractivity contribution in [1.82, 2.24) is 15.0 Å². The van der Waals surface area contributed by atoms with Crippen molar-refractivity contribution in [1.29, 1.82) is 5.26 Å². The van der Waals surface area contributed by atoms with Crippen LogP contribution in [0, 0.1) is 18.3 Å². The first kappa shape index (κ1) is 17.2. The fourth-order valence-corrected chi connectivity index (χ4v) is 2.75. The fourth-order valence-electron chi connectivity index (χ4n) is 2.75. The van der Waals surface area contributed by atoms with Crippen molar-refractivity contribution in [3.8, 4) is 34.2 Å². The lowest BCUT2D eigenvalue weighted by atomic mass is 9.94. The van der Waals surface area contributed by atoms with Crippen LogP contribution >= 0.6 is 0 Å². The molecule has 0 aliphatic heterocycles. The lowest BCUT2D eigenvalue weighted by molar-refractivity contribution is 0.475. The van der Waals surface area contributed by atoms with Crippen LogP contribution in [0.5, 0.6) is 5.75 Å². The molecule has 7 heteroatoms. The summed E-state index contributed by atoms with van der Waals surface area (Å²) in [7, 11) is 3.71. The number of nitrogen functional groups attached to an aromatic ring is 1. The zero-order valence-corrected chi connectivity index (χ0v) is 14.7. The number of rotatable bonds is 3. The molecule has 3 N–H and O–H groups in total. The number of nitrogens with two attached hydrogens (primary N) is 1. The molecule has 0 radical (unpaired) electrons. The molecular formula is C19H18N6O. The number of nitrogens with zero attached hydrogens (tertiary/aromatic N) is 5. The Morgan fingerprint density at radius 1 is 1.08 bits per heavy atom. The summed E-state index contributed by atoms with van der Waals surface area (Å²) in [5.74, 6) is 0.888. The molecule has 1 aromatic carbocycles. The summed E-state index contributed by atoms with van der Waals surface area (Å²) in [4.78, 5) is 14.8. The average Bonchev–Trinajstić information content (AvgIpc) is 2.64. The number of hydrogen-bond donors (Lipinski definition) is 2. The molecule has 0 saturated heterocycles. The summed E-state index contributed by atoms with van der Waals surface area (Å²) >= 11 is 0. The van der Waals surface area contributed by atoms with Crippen molar-refractivity contribution in [3.63, 3.8) is 0 Å². The molecule has 2 heterocycles. The van der Waals surface area contributed by atoms with Crippen molar-refractivity contribution in [3.05, 3.63) is 47.8 Å². The van der Waals surface area contributed by atoms with E-state index >= 15 is 0 Å². The number of phenolic OH excluding ortho intramolecular Hbond substituents is 1. The number of nitriles is 1. The van der Waals surface area contributed by atoms with Crippen molar-refractivity contribution in [2.75, 3.05) is 24.7 Å². The lowest BCUT2D eigenvalue weighted by Crippen LogP contribution is -2.12. The van der Waals surface area contributed by atoms with Crippen LogP contribution in [-0.4, -0.2) is 34.2 Å². The molecule has 0 spiro atoms. The zero-order valence-electron chi connectivity index (χ0n) is 14.7. The van der Waals surface area contributed by atoms with E-state index in [1.807, 2.05) is 21.0 Å². The second kappa shape index (κ2) is 6.69. The van der Waals surface area contributed by atoms with Gasteiger partial charge in [-0.2, -0.15) is 5.26 Å². The Balaban J connectivity index is 2.23. The van der Waals surface area contributed by atoms with Gasteiger partial charge in [0.05, 0.1) is 5.69 Å². The Labute approximate surface area is 151 Å². The van der Waals surface area contributed by atoms with Crippen molar-refractivity contribution in [2.45, 2.75) is 6.92 Å². The van der Waals surface area contributed by atoms with Crippen LogP contribution in [0.25, 0.3) is 22.4 Å².